The predicted octanol–water partition coefficient (Wildman–Crippen LogP) is 5.17. The van der Waals surface area contributed by atoms with Gasteiger partial charge in [0.15, 0.2) is 5.69 Å². The molecule has 33 heavy (non-hydrogen) atoms. The highest BCUT2D eigenvalue weighted by atomic mass is 32.1. The molecular formula is C22H20F3N5O2S. The molecule has 4 aromatic rings. The van der Waals surface area contributed by atoms with Gasteiger partial charge in [-0.2, -0.15) is 0 Å². The molecule has 0 saturated heterocycles. The van der Waals surface area contributed by atoms with Gasteiger partial charge in [-0.15, -0.1) is 11.3 Å². The summed E-state index contributed by atoms with van der Waals surface area (Å²) < 4.78 is 48.1. The number of fused-ring (bicyclic) bond motifs is 2. The average Bonchev–Trinajstić information content (AvgIpc) is 3.49. The van der Waals surface area contributed by atoms with Crippen LogP contribution in [-0.4, -0.2) is 37.3 Å². The zero-order valence-corrected chi connectivity index (χ0v) is 18.8. The molecule has 7 nitrogen and oxygen atoms in total. The van der Waals surface area contributed by atoms with E-state index < -0.39 is 41.1 Å². The van der Waals surface area contributed by atoms with Crippen LogP contribution in [-0.2, 0) is 11.8 Å². The molecule has 5 rings (SSSR count). The van der Waals surface area contributed by atoms with Crippen molar-refractivity contribution >= 4 is 27.5 Å². The lowest BCUT2D eigenvalue weighted by Gasteiger charge is -2.33. The average molecular weight is 475 g/mol. The molecule has 0 radical (unpaired) electrons. The number of thiazole rings is 1. The Kier molecular flexibility index (Phi) is 5.04. The van der Waals surface area contributed by atoms with E-state index in [4.69, 9.17) is 4.42 Å². The Labute approximate surface area is 190 Å². The number of hydrogen-bond donors (Lipinski definition) is 1. The van der Waals surface area contributed by atoms with Crippen LogP contribution in [0.2, 0.25) is 0 Å². The van der Waals surface area contributed by atoms with Crippen molar-refractivity contribution in [1.82, 2.24) is 24.8 Å². The second-order valence-electron chi connectivity index (χ2n) is 8.84. The first kappa shape index (κ1) is 21.6. The van der Waals surface area contributed by atoms with Crippen molar-refractivity contribution < 1.29 is 22.4 Å². The van der Waals surface area contributed by atoms with E-state index in [1.165, 1.54) is 28.6 Å². The summed E-state index contributed by atoms with van der Waals surface area (Å²) in [5.74, 6) is -1.65. The van der Waals surface area contributed by atoms with E-state index in [9.17, 15) is 18.0 Å². The highest BCUT2D eigenvalue weighted by Gasteiger charge is 2.40. The molecule has 4 heterocycles. The quantitative estimate of drug-likeness (QED) is 0.442. The first-order chi connectivity index (χ1) is 15.6. The zero-order chi connectivity index (χ0) is 23.5. The number of amides is 1. The summed E-state index contributed by atoms with van der Waals surface area (Å²) in [6.45, 7) is 5.50. The van der Waals surface area contributed by atoms with Crippen molar-refractivity contribution in [1.29, 1.82) is 0 Å². The van der Waals surface area contributed by atoms with Crippen LogP contribution in [0.1, 0.15) is 71.8 Å². The monoisotopic (exact) mass is 475 g/mol. The highest BCUT2D eigenvalue weighted by Crippen LogP contribution is 2.40. The Hall–Kier alpha value is -3.21. The van der Waals surface area contributed by atoms with E-state index in [1.807, 2.05) is 0 Å². The van der Waals surface area contributed by atoms with Crippen LogP contribution in [0.3, 0.4) is 0 Å². The molecule has 1 aromatic carbocycles. The van der Waals surface area contributed by atoms with E-state index in [0.29, 0.717) is 21.8 Å². The second-order valence-corrected chi connectivity index (χ2v) is 9.90. The maximum atomic E-state index is 14.3. The summed E-state index contributed by atoms with van der Waals surface area (Å²) in [5.41, 5.74) is 0.194. The number of H-pyrrole nitrogens is 1. The number of rotatable bonds is 3. The Balaban J connectivity index is 1.63. The van der Waals surface area contributed by atoms with E-state index in [1.54, 1.807) is 32.9 Å². The summed E-state index contributed by atoms with van der Waals surface area (Å²) in [6.07, 6.45) is -1.03. The first-order valence-electron chi connectivity index (χ1n) is 10.3. The second kappa shape index (κ2) is 7.68. The molecular weight excluding hydrogens is 455 g/mol. The van der Waals surface area contributed by atoms with Crippen molar-refractivity contribution in [3.63, 3.8) is 0 Å². The largest absolute Gasteiger partial charge is 0.434 e. The van der Waals surface area contributed by atoms with Crippen LogP contribution in [0, 0.1) is 5.82 Å². The number of carbonyl (C=O) groups is 1. The molecule has 0 unspecified atom stereocenters. The van der Waals surface area contributed by atoms with Crippen LogP contribution in [0.25, 0.3) is 10.2 Å². The van der Waals surface area contributed by atoms with E-state index in [2.05, 4.69) is 19.9 Å². The third-order valence-corrected chi connectivity index (χ3v) is 6.57. The van der Waals surface area contributed by atoms with Gasteiger partial charge in [-0.3, -0.25) is 4.79 Å². The predicted molar refractivity (Wildman–Crippen MR) is 115 cm³/mol. The standard InChI is InChI=1S/C22H20F3N5O2S/c1-22(2,3)21-29-15(18(24)25)17(32-21)20(31)30-8-7-11-14(27-9-26-11)16(30)19-28-13-10(23)5-4-6-12(13)33-19/h4-6,9,16,18H,7-8H2,1-3H3,(H,26,27)/t16-/m0/s1. The van der Waals surface area contributed by atoms with Crippen LogP contribution in [0.15, 0.2) is 28.9 Å². The number of aromatic amines is 1. The molecule has 0 bridgehead atoms. The number of oxazole rings is 1. The Morgan fingerprint density at radius 2 is 2.09 bits per heavy atom. The van der Waals surface area contributed by atoms with Gasteiger partial charge in [-0.25, -0.2) is 28.1 Å². The molecule has 1 amide bonds. The molecule has 0 saturated carbocycles. The number of nitrogens with one attached hydrogen (secondary N) is 1. The maximum absolute atomic E-state index is 14.3. The molecule has 3 aromatic heterocycles. The van der Waals surface area contributed by atoms with Crippen molar-refractivity contribution in [3.8, 4) is 0 Å². The zero-order valence-electron chi connectivity index (χ0n) is 18.0. The smallest absolute Gasteiger partial charge is 0.292 e. The minimum absolute atomic E-state index is 0.0530. The minimum Gasteiger partial charge on any atom is -0.434 e. The molecule has 1 N–H and O–H groups in total. The molecule has 1 aliphatic rings. The van der Waals surface area contributed by atoms with Crippen molar-refractivity contribution in [3.05, 3.63) is 64.1 Å². The lowest BCUT2D eigenvalue weighted by molar-refractivity contribution is 0.0639. The lowest BCUT2D eigenvalue weighted by Crippen LogP contribution is -2.41. The fourth-order valence-electron chi connectivity index (χ4n) is 3.88. The topological polar surface area (TPSA) is 87.9 Å². The molecule has 0 spiro atoms. The Morgan fingerprint density at radius 1 is 1.30 bits per heavy atom. The summed E-state index contributed by atoms with van der Waals surface area (Å²) in [7, 11) is 0. The molecule has 0 aliphatic carbocycles. The van der Waals surface area contributed by atoms with Gasteiger partial charge < -0.3 is 14.3 Å². The number of benzene rings is 1. The number of halogens is 3. The van der Waals surface area contributed by atoms with Crippen molar-refractivity contribution in [2.75, 3.05) is 6.54 Å². The molecule has 1 atom stereocenters. The van der Waals surface area contributed by atoms with Gasteiger partial charge in [0.25, 0.3) is 12.3 Å². The third-order valence-electron chi connectivity index (χ3n) is 5.50. The summed E-state index contributed by atoms with van der Waals surface area (Å²) >= 11 is 1.23. The molecule has 1 aliphatic heterocycles. The van der Waals surface area contributed by atoms with Gasteiger partial charge in [0.1, 0.15) is 22.4 Å². The Bertz CT molecular complexity index is 1350. The third kappa shape index (κ3) is 3.60. The van der Waals surface area contributed by atoms with E-state index in [-0.39, 0.29) is 18.0 Å². The number of alkyl halides is 2. The normalized spacial score (nSPS) is 16.6. The van der Waals surface area contributed by atoms with Crippen molar-refractivity contribution in [2.24, 2.45) is 0 Å². The van der Waals surface area contributed by atoms with Gasteiger partial charge in [-0.1, -0.05) is 26.8 Å². The van der Waals surface area contributed by atoms with Crippen LogP contribution >= 0.6 is 11.3 Å². The summed E-state index contributed by atoms with van der Waals surface area (Å²) in [5, 5.41) is 0.436. The number of aromatic nitrogens is 4. The first-order valence-corrected chi connectivity index (χ1v) is 11.1. The summed E-state index contributed by atoms with van der Waals surface area (Å²) in [4.78, 5) is 30.8. The van der Waals surface area contributed by atoms with E-state index in [0.717, 1.165) is 5.69 Å². The number of hydrogen-bond acceptors (Lipinski definition) is 6. The minimum atomic E-state index is -2.98. The number of carbonyl (C=O) groups excluding carboxylic acids is 1. The van der Waals surface area contributed by atoms with Crippen LogP contribution in [0.5, 0.6) is 0 Å². The maximum Gasteiger partial charge on any atom is 0.292 e. The van der Waals surface area contributed by atoms with E-state index >= 15 is 0 Å². The summed E-state index contributed by atoms with van der Waals surface area (Å²) in [6, 6.07) is 3.85. The number of nitrogens with zero attached hydrogens (tertiary/aromatic N) is 4. The molecule has 0 fully saturated rings. The Morgan fingerprint density at radius 3 is 2.79 bits per heavy atom. The molecule has 11 heteroatoms. The fourth-order valence-corrected chi connectivity index (χ4v) is 4.98. The van der Waals surface area contributed by atoms with Crippen LogP contribution < -0.4 is 0 Å². The SMILES string of the molecule is CC(C)(C)c1nc(C(F)F)c(C(=O)N2CCc3[nH]cnc3[C@H]2c2nc3c(F)cccc3s2)o1. The van der Waals surface area contributed by atoms with Crippen LogP contribution in [0.4, 0.5) is 13.2 Å². The fraction of sp³-hybridized carbons (Fsp3) is 0.364. The van der Waals surface area contributed by atoms with Gasteiger partial charge in [0.05, 0.1) is 16.7 Å². The highest BCUT2D eigenvalue weighted by molar-refractivity contribution is 7.18. The molecule has 172 valence electrons. The van der Waals surface area contributed by atoms with Gasteiger partial charge >= 0.3 is 0 Å². The number of imidazole rings is 1. The van der Waals surface area contributed by atoms with Crippen molar-refractivity contribution in [2.45, 2.75) is 45.1 Å². The van der Waals surface area contributed by atoms with Gasteiger partial charge in [0.2, 0.25) is 11.7 Å². The van der Waals surface area contributed by atoms with Gasteiger partial charge in [0, 0.05) is 24.1 Å². The number of para-hydroxylation sites is 1. The lowest BCUT2D eigenvalue weighted by atomic mass is 9.97. The van der Waals surface area contributed by atoms with Gasteiger partial charge in [-0.05, 0) is 12.1 Å².